The van der Waals surface area contributed by atoms with E-state index in [-0.39, 0.29) is 0 Å². The van der Waals surface area contributed by atoms with Gasteiger partial charge < -0.3 is 10.5 Å². The second kappa shape index (κ2) is 6.24. The first kappa shape index (κ1) is 14.0. The Balaban J connectivity index is 1.88. The monoisotopic (exact) mass is 342 g/mol. The van der Waals surface area contributed by atoms with E-state index in [9.17, 15) is 0 Å². The molecule has 1 aromatic heterocycles. The predicted molar refractivity (Wildman–Crippen MR) is 88.1 cm³/mol. The molecular weight excluding hydrogens is 328 g/mol. The third-order valence-corrected chi connectivity index (χ3v) is 3.74. The van der Waals surface area contributed by atoms with Gasteiger partial charge in [0.1, 0.15) is 6.61 Å². The van der Waals surface area contributed by atoms with Crippen LogP contribution in [-0.2, 0) is 13.2 Å². The van der Waals surface area contributed by atoms with Crippen molar-refractivity contribution in [3.63, 3.8) is 0 Å². The standard InChI is InChI=1S/C17H15BrN2O/c18-15-6-3-4-12(8-15)11-21-17-14(10-19)9-13-5-1-2-7-16(13)20-17/h1-9H,10-11,19H2. The van der Waals surface area contributed by atoms with Gasteiger partial charge in [-0.15, -0.1) is 0 Å². The van der Waals surface area contributed by atoms with Crippen LogP contribution in [0.5, 0.6) is 5.88 Å². The molecule has 0 atom stereocenters. The average molecular weight is 343 g/mol. The second-order valence-electron chi connectivity index (χ2n) is 4.77. The first-order valence-electron chi connectivity index (χ1n) is 6.72. The predicted octanol–water partition coefficient (Wildman–Crippen LogP) is 4.04. The third-order valence-electron chi connectivity index (χ3n) is 3.25. The number of halogens is 1. The van der Waals surface area contributed by atoms with Crippen molar-refractivity contribution in [3.8, 4) is 5.88 Å². The number of aromatic nitrogens is 1. The number of fused-ring (bicyclic) bond motifs is 1. The summed E-state index contributed by atoms with van der Waals surface area (Å²) in [5.74, 6) is 0.608. The lowest BCUT2D eigenvalue weighted by atomic mass is 10.1. The van der Waals surface area contributed by atoms with Gasteiger partial charge in [-0.25, -0.2) is 4.98 Å². The summed E-state index contributed by atoms with van der Waals surface area (Å²) in [4.78, 5) is 4.57. The summed E-state index contributed by atoms with van der Waals surface area (Å²) in [5, 5.41) is 1.08. The smallest absolute Gasteiger partial charge is 0.218 e. The van der Waals surface area contributed by atoms with Crippen LogP contribution in [-0.4, -0.2) is 4.98 Å². The van der Waals surface area contributed by atoms with Gasteiger partial charge >= 0.3 is 0 Å². The number of nitrogens with two attached hydrogens (primary N) is 1. The molecule has 0 aliphatic carbocycles. The van der Waals surface area contributed by atoms with Crippen LogP contribution in [0.1, 0.15) is 11.1 Å². The highest BCUT2D eigenvalue weighted by molar-refractivity contribution is 9.10. The minimum Gasteiger partial charge on any atom is -0.473 e. The van der Waals surface area contributed by atoms with Gasteiger partial charge in [-0.1, -0.05) is 46.3 Å². The van der Waals surface area contributed by atoms with Gasteiger partial charge in [0.05, 0.1) is 5.52 Å². The number of pyridine rings is 1. The van der Waals surface area contributed by atoms with E-state index in [0.717, 1.165) is 26.5 Å². The molecule has 0 saturated heterocycles. The van der Waals surface area contributed by atoms with E-state index >= 15 is 0 Å². The molecule has 0 unspecified atom stereocenters. The number of benzene rings is 2. The molecule has 0 aliphatic heterocycles. The Morgan fingerprint density at radius 2 is 1.90 bits per heavy atom. The van der Waals surface area contributed by atoms with E-state index in [1.807, 2.05) is 54.6 Å². The van der Waals surface area contributed by atoms with Crippen LogP contribution in [0.25, 0.3) is 10.9 Å². The van der Waals surface area contributed by atoms with Gasteiger partial charge in [-0.05, 0) is 29.8 Å². The van der Waals surface area contributed by atoms with E-state index in [4.69, 9.17) is 10.5 Å². The molecule has 3 nitrogen and oxygen atoms in total. The van der Waals surface area contributed by atoms with Gasteiger partial charge in [-0.3, -0.25) is 0 Å². The summed E-state index contributed by atoms with van der Waals surface area (Å²) < 4.78 is 6.90. The first-order valence-corrected chi connectivity index (χ1v) is 7.51. The zero-order valence-corrected chi connectivity index (χ0v) is 13.0. The molecule has 0 aliphatic rings. The molecule has 2 N–H and O–H groups in total. The Bertz CT molecular complexity index is 774. The molecule has 0 bridgehead atoms. The average Bonchev–Trinajstić information content (AvgIpc) is 2.52. The van der Waals surface area contributed by atoms with Gasteiger partial charge in [0.15, 0.2) is 0 Å². The maximum absolute atomic E-state index is 5.87. The summed E-state index contributed by atoms with van der Waals surface area (Å²) in [6, 6.07) is 18.0. The number of rotatable bonds is 4. The Labute approximate surface area is 131 Å². The van der Waals surface area contributed by atoms with Crippen LogP contribution in [0.2, 0.25) is 0 Å². The number of hydrogen-bond donors (Lipinski definition) is 1. The maximum atomic E-state index is 5.87. The van der Waals surface area contributed by atoms with Gasteiger partial charge in [0.25, 0.3) is 0 Å². The van der Waals surface area contributed by atoms with Crippen molar-refractivity contribution in [1.82, 2.24) is 4.98 Å². The highest BCUT2D eigenvalue weighted by Crippen LogP contribution is 2.23. The SMILES string of the molecule is NCc1cc2ccccc2nc1OCc1cccc(Br)c1. The van der Waals surface area contributed by atoms with E-state index in [1.54, 1.807) is 0 Å². The molecule has 0 spiro atoms. The van der Waals surface area contributed by atoms with Gasteiger partial charge in [0.2, 0.25) is 5.88 Å². The number of hydrogen-bond acceptors (Lipinski definition) is 3. The maximum Gasteiger partial charge on any atom is 0.218 e. The van der Waals surface area contributed by atoms with E-state index in [1.165, 1.54) is 0 Å². The fourth-order valence-electron chi connectivity index (χ4n) is 2.19. The van der Waals surface area contributed by atoms with Crippen LogP contribution in [0.15, 0.2) is 59.1 Å². The van der Waals surface area contributed by atoms with Crippen molar-refractivity contribution in [2.24, 2.45) is 5.73 Å². The summed E-state index contributed by atoms with van der Waals surface area (Å²) in [6.45, 7) is 0.878. The third kappa shape index (κ3) is 3.23. The lowest BCUT2D eigenvalue weighted by Crippen LogP contribution is -2.05. The van der Waals surface area contributed by atoms with Crippen molar-refractivity contribution >= 4 is 26.8 Å². The summed E-state index contributed by atoms with van der Waals surface area (Å²) in [5.41, 5.74) is 8.73. The van der Waals surface area contributed by atoms with E-state index in [0.29, 0.717) is 19.0 Å². The van der Waals surface area contributed by atoms with Crippen LogP contribution in [0.3, 0.4) is 0 Å². The molecule has 1 heterocycles. The Hall–Kier alpha value is -1.91. The molecule has 0 radical (unpaired) electrons. The molecule has 106 valence electrons. The minimum absolute atomic E-state index is 0.408. The largest absolute Gasteiger partial charge is 0.473 e. The van der Waals surface area contributed by atoms with Crippen molar-refractivity contribution in [3.05, 3.63) is 70.2 Å². The fourth-order valence-corrected chi connectivity index (χ4v) is 2.64. The quantitative estimate of drug-likeness (QED) is 0.778. The minimum atomic E-state index is 0.408. The van der Waals surface area contributed by atoms with Crippen molar-refractivity contribution in [2.45, 2.75) is 13.2 Å². The molecule has 2 aromatic carbocycles. The van der Waals surface area contributed by atoms with E-state index < -0.39 is 0 Å². The number of para-hydroxylation sites is 1. The van der Waals surface area contributed by atoms with E-state index in [2.05, 4.69) is 20.9 Å². The highest BCUT2D eigenvalue weighted by Gasteiger charge is 2.07. The van der Waals surface area contributed by atoms with Crippen LogP contribution < -0.4 is 10.5 Å². The first-order chi connectivity index (χ1) is 10.3. The molecule has 0 saturated carbocycles. The van der Waals surface area contributed by atoms with Crippen molar-refractivity contribution in [1.29, 1.82) is 0 Å². The molecule has 3 rings (SSSR count). The molecule has 3 aromatic rings. The lowest BCUT2D eigenvalue weighted by molar-refractivity contribution is 0.291. The molecule has 0 amide bonds. The number of ether oxygens (including phenoxy) is 1. The van der Waals surface area contributed by atoms with Gasteiger partial charge in [0, 0.05) is 22.0 Å². The van der Waals surface area contributed by atoms with Crippen LogP contribution in [0.4, 0.5) is 0 Å². The van der Waals surface area contributed by atoms with Crippen molar-refractivity contribution in [2.75, 3.05) is 0 Å². The molecule has 4 heteroatoms. The summed E-state index contributed by atoms with van der Waals surface area (Å²) in [7, 11) is 0. The highest BCUT2D eigenvalue weighted by atomic mass is 79.9. The normalized spacial score (nSPS) is 10.8. The van der Waals surface area contributed by atoms with Gasteiger partial charge in [-0.2, -0.15) is 0 Å². The zero-order chi connectivity index (χ0) is 14.7. The van der Waals surface area contributed by atoms with Crippen LogP contribution in [0, 0.1) is 0 Å². The summed E-state index contributed by atoms with van der Waals surface area (Å²) in [6.07, 6.45) is 0. The topological polar surface area (TPSA) is 48.1 Å². The van der Waals surface area contributed by atoms with Crippen molar-refractivity contribution < 1.29 is 4.74 Å². The Morgan fingerprint density at radius 1 is 1.05 bits per heavy atom. The summed E-state index contributed by atoms with van der Waals surface area (Å²) >= 11 is 3.46. The Kier molecular flexibility index (Phi) is 4.18. The fraction of sp³-hybridized carbons (Fsp3) is 0.118. The molecule has 0 fully saturated rings. The zero-order valence-electron chi connectivity index (χ0n) is 11.4. The van der Waals surface area contributed by atoms with Crippen LogP contribution >= 0.6 is 15.9 Å². The lowest BCUT2D eigenvalue weighted by Gasteiger charge is -2.11. The molecular formula is C17H15BrN2O. The second-order valence-corrected chi connectivity index (χ2v) is 5.68. The number of nitrogens with zero attached hydrogens (tertiary/aromatic N) is 1. The Morgan fingerprint density at radius 3 is 2.71 bits per heavy atom. The molecule has 21 heavy (non-hydrogen) atoms.